The van der Waals surface area contributed by atoms with Crippen LogP contribution in [0.4, 0.5) is 0 Å². The maximum absolute atomic E-state index is 11.7. The third-order valence-corrected chi connectivity index (χ3v) is 3.18. The van der Waals surface area contributed by atoms with Crippen LogP contribution < -0.4 is 5.73 Å². The number of hydrogen-bond acceptors (Lipinski definition) is 2. The van der Waals surface area contributed by atoms with Gasteiger partial charge in [0.1, 0.15) is 0 Å². The largest absolute Gasteiger partial charge is 0.349 e. The van der Waals surface area contributed by atoms with E-state index in [0.717, 1.165) is 24.0 Å². The highest BCUT2D eigenvalue weighted by molar-refractivity contribution is 5.78. The van der Waals surface area contributed by atoms with Gasteiger partial charge in [-0.25, -0.2) is 0 Å². The number of nitrogens with two attached hydrogens (primary N) is 1. The third kappa shape index (κ3) is 2.09. The summed E-state index contributed by atoms with van der Waals surface area (Å²) in [5, 5.41) is 0. The van der Waals surface area contributed by atoms with Crippen LogP contribution in [0.1, 0.15) is 24.0 Å². The molecule has 0 spiro atoms. The maximum Gasteiger partial charge on any atom is 0.226 e. The number of carbonyl (C=O) groups excluding carboxylic acids is 1. The molecule has 1 aliphatic carbocycles. The number of hydrogen-bond donors (Lipinski definition) is 1. The second-order valence-electron chi connectivity index (χ2n) is 4.78. The van der Waals surface area contributed by atoms with Crippen molar-refractivity contribution in [2.24, 2.45) is 5.73 Å². The highest BCUT2D eigenvalue weighted by Gasteiger charge is 2.41. The molecule has 1 saturated carbocycles. The van der Waals surface area contributed by atoms with Crippen molar-refractivity contribution in [1.29, 1.82) is 0 Å². The van der Waals surface area contributed by atoms with E-state index < -0.39 is 0 Å². The Morgan fingerprint density at radius 2 is 2.00 bits per heavy atom. The SMILES string of the molecule is CN(C)C(=O)Cc1ccccc1C1(N)CC1. The van der Waals surface area contributed by atoms with Gasteiger partial charge >= 0.3 is 0 Å². The molecule has 16 heavy (non-hydrogen) atoms. The molecule has 2 N–H and O–H groups in total. The minimum Gasteiger partial charge on any atom is -0.349 e. The number of rotatable bonds is 3. The van der Waals surface area contributed by atoms with Crippen LogP contribution in [0.3, 0.4) is 0 Å². The molecule has 0 aromatic heterocycles. The summed E-state index contributed by atoms with van der Waals surface area (Å²) >= 11 is 0. The summed E-state index contributed by atoms with van der Waals surface area (Å²) in [6.07, 6.45) is 2.50. The monoisotopic (exact) mass is 218 g/mol. The van der Waals surface area contributed by atoms with Gasteiger partial charge in [-0.15, -0.1) is 0 Å². The molecule has 0 aliphatic heterocycles. The van der Waals surface area contributed by atoms with Gasteiger partial charge in [0.2, 0.25) is 5.91 Å². The van der Waals surface area contributed by atoms with Crippen molar-refractivity contribution in [3.8, 4) is 0 Å². The van der Waals surface area contributed by atoms with E-state index in [2.05, 4.69) is 0 Å². The van der Waals surface area contributed by atoms with Gasteiger partial charge in [-0.05, 0) is 24.0 Å². The second kappa shape index (κ2) is 3.91. The lowest BCUT2D eigenvalue weighted by Crippen LogP contribution is -2.26. The first-order valence-electron chi connectivity index (χ1n) is 5.60. The summed E-state index contributed by atoms with van der Waals surface area (Å²) in [5.74, 6) is 0.122. The van der Waals surface area contributed by atoms with Gasteiger partial charge in [-0.3, -0.25) is 4.79 Å². The quantitative estimate of drug-likeness (QED) is 0.830. The fourth-order valence-corrected chi connectivity index (χ4v) is 1.89. The van der Waals surface area contributed by atoms with Crippen LogP contribution in [0.5, 0.6) is 0 Å². The average Bonchev–Trinajstić information content (AvgIpc) is 2.98. The smallest absolute Gasteiger partial charge is 0.226 e. The number of amides is 1. The summed E-state index contributed by atoms with van der Waals surface area (Å²) in [4.78, 5) is 13.3. The first kappa shape index (κ1) is 11.1. The van der Waals surface area contributed by atoms with Crippen LogP contribution >= 0.6 is 0 Å². The zero-order valence-electron chi connectivity index (χ0n) is 9.86. The number of carbonyl (C=O) groups is 1. The Kier molecular flexibility index (Phi) is 2.72. The van der Waals surface area contributed by atoms with Gasteiger partial charge in [0.25, 0.3) is 0 Å². The Morgan fingerprint density at radius 3 is 2.56 bits per heavy atom. The lowest BCUT2D eigenvalue weighted by atomic mass is 9.96. The van der Waals surface area contributed by atoms with E-state index in [1.165, 1.54) is 0 Å². The summed E-state index contributed by atoms with van der Waals surface area (Å²) in [6, 6.07) is 8.01. The Hall–Kier alpha value is -1.35. The topological polar surface area (TPSA) is 46.3 Å². The van der Waals surface area contributed by atoms with Crippen molar-refractivity contribution in [3.05, 3.63) is 35.4 Å². The van der Waals surface area contributed by atoms with E-state index in [-0.39, 0.29) is 11.4 Å². The maximum atomic E-state index is 11.7. The van der Waals surface area contributed by atoms with E-state index >= 15 is 0 Å². The first-order valence-corrected chi connectivity index (χ1v) is 5.60. The number of likely N-dealkylation sites (N-methyl/N-ethyl adjacent to an activating group) is 1. The minimum absolute atomic E-state index is 0.122. The fraction of sp³-hybridized carbons (Fsp3) is 0.462. The highest BCUT2D eigenvalue weighted by Crippen LogP contribution is 2.44. The van der Waals surface area contributed by atoms with Crippen LogP contribution in [0, 0.1) is 0 Å². The summed E-state index contributed by atoms with van der Waals surface area (Å²) in [6.45, 7) is 0. The van der Waals surface area contributed by atoms with Crippen molar-refractivity contribution in [2.75, 3.05) is 14.1 Å². The van der Waals surface area contributed by atoms with Crippen LogP contribution in [0.2, 0.25) is 0 Å². The normalized spacial score (nSPS) is 16.9. The molecular formula is C13H18N2O. The Morgan fingerprint density at radius 1 is 1.38 bits per heavy atom. The molecule has 3 heteroatoms. The van der Waals surface area contributed by atoms with Crippen LogP contribution in [-0.2, 0) is 16.8 Å². The molecular weight excluding hydrogens is 200 g/mol. The summed E-state index contributed by atoms with van der Waals surface area (Å²) in [7, 11) is 3.56. The molecule has 0 saturated heterocycles. The van der Waals surface area contributed by atoms with Gasteiger partial charge in [-0.2, -0.15) is 0 Å². The van der Waals surface area contributed by atoms with Crippen molar-refractivity contribution >= 4 is 5.91 Å². The van der Waals surface area contributed by atoms with E-state index in [4.69, 9.17) is 5.73 Å². The first-order chi connectivity index (χ1) is 7.53. The molecule has 1 aliphatic rings. The minimum atomic E-state index is -0.164. The fourth-order valence-electron chi connectivity index (χ4n) is 1.89. The van der Waals surface area contributed by atoms with Crippen molar-refractivity contribution in [2.45, 2.75) is 24.8 Å². The molecule has 86 valence electrons. The molecule has 0 bridgehead atoms. The molecule has 0 radical (unpaired) electrons. The Labute approximate surface area is 96.2 Å². The third-order valence-electron chi connectivity index (χ3n) is 3.18. The Balaban J connectivity index is 2.24. The average molecular weight is 218 g/mol. The van der Waals surface area contributed by atoms with E-state index in [9.17, 15) is 4.79 Å². The van der Waals surface area contributed by atoms with E-state index in [1.807, 2.05) is 24.3 Å². The predicted octanol–water partition coefficient (Wildman–Crippen LogP) is 1.27. The predicted molar refractivity (Wildman–Crippen MR) is 63.9 cm³/mol. The molecule has 3 nitrogen and oxygen atoms in total. The zero-order chi connectivity index (χ0) is 11.8. The molecule has 1 amide bonds. The van der Waals surface area contributed by atoms with Crippen LogP contribution in [-0.4, -0.2) is 24.9 Å². The molecule has 1 aromatic carbocycles. The van der Waals surface area contributed by atoms with Gasteiger partial charge in [-0.1, -0.05) is 24.3 Å². The van der Waals surface area contributed by atoms with Crippen molar-refractivity contribution in [3.63, 3.8) is 0 Å². The Bertz CT molecular complexity index is 408. The lowest BCUT2D eigenvalue weighted by Gasteiger charge is -2.16. The second-order valence-corrected chi connectivity index (χ2v) is 4.78. The van der Waals surface area contributed by atoms with Gasteiger partial charge < -0.3 is 10.6 Å². The molecule has 1 fully saturated rings. The molecule has 0 atom stereocenters. The number of benzene rings is 1. The van der Waals surface area contributed by atoms with Crippen LogP contribution in [0.15, 0.2) is 24.3 Å². The van der Waals surface area contributed by atoms with Crippen molar-refractivity contribution in [1.82, 2.24) is 4.90 Å². The molecule has 2 rings (SSSR count). The van der Waals surface area contributed by atoms with Crippen LogP contribution in [0.25, 0.3) is 0 Å². The van der Waals surface area contributed by atoms with Gasteiger partial charge in [0.15, 0.2) is 0 Å². The highest BCUT2D eigenvalue weighted by atomic mass is 16.2. The number of nitrogens with zero attached hydrogens (tertiary/aromatic N) is 1. The summed E-state index contributed by atoms with van der Waals surface area (Å²) in [5.41, 5.74) is 8.25. The van der Waals surface area contributed by atoms with Gasteiger partial charge in [0, 0.05) is 19.6 Å². The standard InChI is InChI=1S/C13H18N2O/c1-15(2)12(16)9-10-5-3-4-6-11(10)13(14)7-8-13/h3-6H,7-9,14H2,1-2H3. The molecule has 0 heterocycles. The lowest BCUT2D eigenvalue weighted by molar-refractivity contribution is -0.127. The zero-order valence-corrected chi connectivity index (χ0v) is 9.86. The van der Waals surface area contributed by atoms with Gasteiger partial charge in [0.05, 0.1) is 6.42 Å². The van der Waals surface area contributed by atoms with E-state index in [0.29, 0.717) is 6.42 Å². The summed E-state index contributed by atoms with van der Waals surface area (Å²) < 4.78 is 0. The van der Waals surface area contributed by atoms with E-state index in [1.54, 1.807) is 19.0 Å². The van der Waals surface area contributed by atoms with Crippen molar-refractivity contribution < 1.29 is 4.79 Å². The molecule has 1 aromatic rings. The molecule has 0 unspecified atom stereocenters.